The minimum Gasteiger partial charge on any atom is -0.394 e. The molecule has 6 atom stereocenters. The van der Waals surface area contributed by atoms with E-state index in [1.54, 1.807) is 0 Å². The monoisotopic (exact) mass is 551 g/mol. The van der Waals surface area contributed by atoms with E-state index >= 15 is 0 Å². The van der Waals surface area contributed by atoms with Crippen LogP contribution in [0.5, 0.6) is 0 Å². The van der Waals surface area contributed by atoms with Gasteiger partial charge in [-0.2, -0.15) is 0 Å². The number of amides is 2. The third-order valence-electron chi connectivity index (χ3n) is 6.79. The molecule has 2 aromatic heterocycles. The van der Waals surface area contributed by atoms with Gasteiger partial charge in [0.2, 0.25) is 11.8 Å². The Kier molecular flexibility index (Phi) is 12.3. The van der Waals surface area contributed by atoms with Gasteiger partial charge in [0.25, 0.3) is 0 Å². The maximum Gasteiger partial charge on any atom is 0.239 e. The number of aromatic nitrogens is 4. The Morgan fingerprint density at radius 1 is 1.03 bits per heavy atom. The lowest BCUT2D eigenvalue weighted by Gasteiger charge is -2.44. The van der Waals surface area contributed by atoms with Crippen LogP contribution in [0.15, 0.2) is 12.7 Å². The summed E-state index contributed by atoms with van der Waals surface area (Å²) < 4.78 is 5.77. The van der Waals surface area contributed by atoms with Crippen LogP contribution in [0.1, 0.15) is 64.7 Å². The Balaban J connectivity index is 1.49. The highest BCUT2D eigenvalue weighted by atomic mass is 16.5. The van der Waals surface area contributed by atoms with Gasteiger partial charge in [0.1, 0.15) is 36.3 Å². The summed E-state index contributed by atoms with van der Waals surface area (Å²) in [4.78, 5) is 39.7. The first-order chi connectivity index (χ1) is 18.8. The van der Waals surface area contributed by atoms with Gasteiger partial charge in [-0.3, -0.25) is 9.59 Å². The van der Waals surface area contributed by atoms with Crippen LogP contribution < -0.4 is 16.0 Å². The molecule has 1 aliphatic rings. The van der Waals surface area contributed by atoms with Gasteiger partial charge >= 0.3 is 0 Å². The van der Waals surface area contributed by atoms with Crippen LogP contribution in [0.25, 0.3) is 11.2 Å². The number of imidazole rings is 1. The maximum absolute atomic E-state index is 12.6. The third kappa shape index (κ3) is 8.80. The van der Waals surface area contributed by atoms with Crippen LogP contribution in [-0.2, 0) is 14.3 Å². The lowest BCUT2D eigenvalue weighted by atomic mass is 9.92. The van der Waals surface area contributed by atoms with E-state index in [0.717, 1.165) is 25.7 Å². The first-order valence-electron chi connectivity index (χ1n) is 13.6. The SMILES string of the molecule is CCCCCCCCCCC(=O)NCC(=O)N[C@@H]1[C@@H](O)[C@@H](O)[C@H](Nc2ncnc3nc[nH]c23)O[C@H]1[C@H](O)CO. The van der Waals surface area contributed by atoms with Crippen LogP contribution in [-0.4, -0.2) is 102 Å². The molecule has 3 rings (SSSR count). The summed E-state index contributed by atoms with van der Waals surface area (Å²) in [5.41, 5.74) is 0.792. The standard InChI is InChI=1S/C25H41N7O7/c1-2-3-4-5-6-7-8-9-10-16(35)26-11-17(36)31-18-20(37)21(38)25(39-22(18)15(34)12-33)32-24-19-23(28-13-27-19)29-14-30-24/h13-15,18,20-22,25,33-34,37-38H,2-12H2,1H3,(H,26,35)(H,31,36)(H2,27,28,29,30,32)/t15-,18-,20-,21-,22+,25-/m1/s1. The number of aromatic amines is 1. The fraction of sp³-hybridized carbons (Fsp3) is 0.720. The molecule has 39 heavy (non-hydrogen) atoms. The number of ether oxygens (including phenoxy) is 1. The van der Waals surface area contributed by atoms with Gasteiger partial charge in [0.05, 0.1) is 25.5 Å². The average molecular weight is 552 g/mol. The zero-order chi connectivity index (χ0) is 28.2. The van der Waals surface area contributed by atoms with E-state index in [-0.39, 0.29) is 18.3 Å². The van der Waals surface area contributed by atoms with Crippen molar-refractivity contribution in [3.05, 3.63) is 12.7 Å². The van der Waals surface area contributed by atoms with E-state index < -0.39 is 49.2 Å². The largest absolute Gasteiger partial charge is 0.394 e. The summed E-state index contributed by atoms with van der Waals surface area (Å²) >= 11 is 0. The van der Waals surface area contributed by atoms with E-state index in [1.807, 2.05) is 0 Å². The number of nitrogens with zero attached hydrogens (tertiary/aromatic N) is 3. The van der Waals surface area contributed by atoms with Crippen molar-refractivity contribution in [3.8, 4) is 0 Å². The Hall–Kier alpha value is -2.91. The van der Waals surface area contributed by atoms with Gasteiger partial charge < -0.3 is 46.1 Å². The van der Waals surface area contributed by atoms with Crippen molar-refractivity contribution in [1.29, 1.82) is 0 Å². The third-order valence-corrected chi connectivity index (χ3v) is 6.79. The number of aliphatic hydroxyl groups is 4. The maximum atomic E-state index is 12.6. The molecule has 1 fully saturated rings. The molecule has 8 N–H and O–H groups in total. The second-order valence-electron chi connectivity index (χ2n) is 9.82. The van der Waals surface area contributed by atoms with E-state index in [4.69, 9.17) is 4.74 Å². The zero-order valence-corrected chi connectivity index (χ0v) is 22.3. The predicted octanol–water partition coefficient (Wildman–Crippen LogP) is -0.303. The van der Waals surface area contributed by atoms with Gasteiger partial charge in [-0.25, -0.2) is 15.0 Å². The molecule has 0 unspecified atom stereocenters. The molecule has 1 saturated heterocycles. The molecule has 0 bridgehead atoms. The molecule has 14 nitrogen and oxygen atoms in total. The molecule has 218 valence electrons. The van der Waals surface area contributed by atoms with Gasteiger partial charge in [0.15, 0.2) is 17.7 Å². The van der Waals surface area contributed by atoms with Crippen molar-refractivity contribution >= 4 is 28.8 Å². The summed E-state index contributed by atoms with van der Waals surface area (Å²) in [7, 11) is 0. The highest BCUT2D eigenvalue weighted by Gasteiger charge is 2.48. The summed E-state index contributed by atoms with van der Waals surface area (Å²) in [5.74, 6) is -0.675. The number of fused-ring (bicyclic) bond motifs is 1. The minimum absolute atomic E-state index is 0.229. The molecule has 0 aliphatic carbocycles. The van der Waals surface area contributed by atoms with Crippen LogP contribution in [0.3, 0.4) is 0 Å². The minimum atomic E-state index is -1.58. The first kappa shape index (κ1) is 30.6. The number of carbonyl (C=O) groups excluding carboxylic acids is 2. The molecule has 2 amide bonds. The van der Waals surface area contributed by atoms with Crippen molar-refractivity contribution in [2.75, 3.05) is 18.5 Å². The summed E-state index contributed by atoms with van der Waals surface area (Å²) in [6, 6.07) is -1.27. The summed E-state index contributed by atoms with van der Waals surface area (Å²) in [5, 5.41) is 49.3. The number of aliphatic hydroxyl groups excluding tert-OH is 4. The number of unbranched alkanes of at least 4 members (excludes halogenated alkanes) is 7. The normalized spacial score (nSPS) is 23.9. The Morgan fingerprint density at radius 2 is 1.74 bits per heavy atom. The Bertz CT molecular complexity index is 1040. The second kappa shape index (κ2) is 15.6. The fourth-order valence-electron chi connectivity index (χ4n) is 4.57. The lowest BCUT2D eigenvalue weighted by molar-refractivity contribution is -0.204. The van der Waals surface area contributed by atoms with Gasteiger partial charge in [-0.05, 0) is 6.42 Å². The quantitative estimate of drug-likeness (QED) is 0.127. The molecule has 0 spiro atoms. The van der Waals surface area contributed by atoms with E-state index in [2.05, 4.69) is 42.8 Å². The lowest BCUT2D eigenvalue weighted by Crippen LogP contribution is -2.68. The zero-order valence-electron chi connectivity index (χ0n) is 22.3. The fourth-order valence-corrected chi connectivity index (χ4v) is 4.57. The number of H-pyrrole nitrogens is 1. The second-order valence-corrected chi connectivity index (χ2v) is 9.82. The first-order valence-corrected chi connectivity index (χ1v) is 13.6. The van der Waals surface area contributed by atoms with Crippen molar-refractivity contribution in [2.24, 2.45) is 0 Å². The van der Waals surface area contributed by atoms with Crippen LogP contribution >= 0.6 is 0 Å². The topological polar surface area (TPSA) is 215 Å². The molecule has 2 aromatic rings. The number of hydrogen-bond acceptors (Lipinski definition) is 11. The molecule has 1 aliphatic heterocycles. The number of anilines is 1. The highest BCUT2D eigenvalue weighted by molar-refractivity contribution is 5.85. The van der Waals surface area contributed by atoms with E-state index in [0.29, 0.717) is 17.6 Å². The molecule has 0 saturated carbocycles. The highest BCUT2D eigenvalue weighted by Crippen LogP contribution is 2.26. The molecular weight excluding hydrogens is 510 g/mol. The Labute approximate surface area is 227 Å². The van der Waals surface area contributed by atoms with Crippen LogP contribution in [0.4, 0.5) is 5.82 Å². The number of carbonyl (C=O) groups is 2. The van der Waals surface area contributed by atoms with Crippen molar-refractivity contribution < 1.29 is 34.8 Å². The van der Waals surface area contributed by atoms with Crippen LogP contribution in [0, 0.1) is 0 Å². The predicted molar refractivity (Wildman–Crippen MR) is 141 cm³/mol. The average Bonchev–Trinajstić information content (AvgIpc) is 3.42. The van der Waals surface area contributed by atoms with Crippen molar-refractivity contribution in [3.63, 3.8) is 0 Å². The van der Waals surface area contributed by atoms with Gasteiger partial charge in [0, 0.05) is 6.42 Å². The molecule has 0 aromatic carbocycles. The molecule has 0 radical (unpaired) electrons. The van der Waals surface area contributed by atoms with Gasteiger partial charge in [-0.15, -0.1) is 0 Å². The van der Waals surface area contributed by atoms with E-state index in [9.17, 15) is 30.0 Å². The van der Waals surface area contributed by atoms with Gasteiger partial charge in [-0.1, -0.05) is 51.9 Å². The molecular formula is C25H41N7O7. The molecule has 3 heterocycles. The summed E-state index contributed by atoms with van der Waals surface area (Å²) in [6.07, 6.45) is 4.64. The molecule has 14 heteroatoms. The van der Waals surface area contributed by atoms with Crippen molar-refractivity contribution in [1.82, 2.24) is 30.6 Å². The smallest absolute Gasteiger partial charge is 0.239 e. The number of nitrogens with one attached hydrogen (secondary N) is 4. The summed E-state index contributed by atoms with van der Waals surface area (Å²) in [6.45, 7) is 1.11. The van der Waals surface area contributed by atoms with Crippen molar-refractivity contribution in [2.45, 2.75) is 101 Å². The number of rotatable bonds is 16. The van der Waals surface area contributed by atoms with Crippen LogP contribution in [0.2, 0.25) is 0 Å². The van der Waals surface area contributed by atoms with E-state index in [1.165, 1.54) is 38.3 Å². The number of hydrogen-bond donors (Lipinski definition) is 8. The Morgan fingerprint density at radius 3 is 2.46 bits per heavy atom.